The Bertz CT molecular complexity index is 1350. The third-order valence-corrected chi connectivity index (χ3v) is 7.95. The van der Waals surface area contributed by atoms with E-state index in [-0.39, 0.29) is 23.5 Å². The van der Waals surface area contributed by atoms with Crippen LogP contribution in [-0.2, 0) is 25.4 Å². The van der Waals surface area contributed by atoms with Gasteiger partial charge in [-0.2, -0.15) is 0 Å². The van der Waals surface area contributed by atoms with E-state index in [1.807, 2.05) is 0 Å². The summed E-state index contributed by atoms with van der Waals surface area (Å²) in [7, 11) is 1.46. The van der Waals surface area contributed by atoms with Gasteiger partial charge in [-0.25, -0.2) is 4.79 Å². The van der Waals surface area contributed by atoms with Crippen LogP contribution in [-0.4, -0.2) is 135 Å². The molecule has 0 aliphatic carbocycles. The molecule has 15 heteroatoms. The van der Waals surface area contributed by atoms with Crippen LogP contribution in [0.15, 0.2) is 48.5 Å². The number of carbonyl (C=O) groups is 1. The number of hydrogen-bond donors (Lipinski definition) is 8. The fourth-order valence-electron chi connectivity index (χ4n) is 5.35. The summed E-state index contributed by atoms with van der Waals surface area (Å²) in [5.41, 5.74) is 1.24. The van der Waals surface area contributed by atoms with Crippen LogP contribution in [0.25, 0.3) is 5.57 Å². The average Bonchev–Trinajstić information content (AvgIpc) is 3.04. The molecule has 2 aromatic rings. The van der Waals surface area contributed by atoms with Crippen LogP contribution < -0.4 is 14.2 Å². The van der Waals surface area contributed by atoms with E-state index >= 15 is 0 Å². The number of ether oxygens (including phenoxy) is 6. The van der Waals surface area contributed by atoms with Crippen molar-refractivity contribution in [3.8, 4) is 17.2 Å². The number of rotatable bonds is 8. The lowest BCUT2D eigenvalue weighted by Crippen LogP contribution is -2.60. The monoisotopic (exact) mass is 636 g/mol. The van der Waals surface area contributed by atoms with Crippen LogP contribution in [0, 0.1) is 0 Å². The van der Waals surface area contributed by atoms with Gasteiger partial charge in [0.25, 0.3) is 0 Å². The molecule has 3 heterocycles. The van der Waals surface area contributed by atoms with Crippen molar-refractivity contribution in [2.75, 3.05) is 20.3 Å². The number of fused-ring (bicyclic) bond motifs is 1. The van der Waals surface area contributed by atoms with Crippen molar-refractivity contribution >= 4 is 11.5 Å². The maximum atomic E-state index is 13.0. The Balaban J connectivity index is 1.44. The van der Waals surface area contributed by atoms with E-state index in [9.17, 15) is 45.6 Å². The Kier molecular flexibility index (Phi) is 10.4. The summed E-state index contributed by atoms with van der Waals surface area (Å²) < 4.78 is 33.6. The molecule has 3 aliphatic heterocycles. The number of esters is 1. The lowest BCUT2D eigenvalue weighted by atomic mass is 9.93. The number of methoxy groups -OCH3 is 1. The smallest absolute Gasteiger partial charge is 0.336 e. The highest BCUT2D eigenvalue weighted by Crippen LogP contribution is 2.35. The normalized spacial score (nSPS) is 35.4. The first-order valence-electron chi connectivity index (χ1n) is 14.2. The minimum Gasteiger partial charge on any atom is -0.497 e. The largest absolute Gasteiger partial charge is 0.497 e. The van der Waals surface area contributed by atoms with E-state index in [2.05, 4.69) is 0 Å². The van der Waals surface area contributed by atoms with Crippen molar-refractivity contribution in [2.24, 2.45) is 0 Å². The first-order chi connectivity index (χ1) is 21.5. The fraction of sp³-hybridized carbons (Fsp3) is 0.500. The maximum Gasteiger partial charge on any atom is 0.336 e. The van der Waals surface area contributed by atoms with E-state index in [0.29, 0.717) is 16.9 Å². The van der Waals surface area contributed by atoms with Gasteiger partial charge in [-0.05, 0) is 34.9 Å². The molecular formula is C30H36O15. The molecule has 2 saturated heterocycles. The van der Waals surface area contributed by atoms with E-state index in [1.54, 1.807) is 24.3 Å². The maximum absolute atomic E-state index is 13.0. The third kappa shape index (κ3) is 6.98. The molecule has 246 valence electrons. The van der Waals surface area contributed by atoms with Crippen LogP contribution in [0.5, 0.6) is 17.2 Å². The molecule has 8 N–H and O–H groups in total. The summed E-state index contributed by atoms with van der Waals surface area (Å²) in [5.74, 6) is 0.0530. The highest BCUT2D eigenvalue weighted by Gasteiger charge is 2.46. The summed E-state index contributed by atoms with van der Waals surface area (Å²) in [6, 6.07) is 10.9. The molecule has 0 aromatic heterocycles. The molecule has 11 unspecified atom stereocenters. The summed E-state index contributed by atoms with van der Waals surface area (Å²) in [4.78, 5) is 13.0. The van der Waals surface area contributed by atoms with Gasteiger partial charge in [0.15, 0.2) is 6.29 Å². The molecule has 0 bridgehead atoms. The van der Waals surface area contributed by atoms with Crippen LogP contribution in [0.4, 0.5) is 0 Å². The Morgan fingerprint density at radius 2 is 1.33 bits per heavy atom. The zero-order chi connectivity index (χ0) is 32.4. The fourth-order valence-corrected chi connectivity index (χ4v) is 5.35. The summed E-state index contributed by atoms with van der Waals surface area (Å²) >= 11 is 0. The standard InChI is InChI=1S/C30H36O15/c1-40-16-7-4-14-8-19(43-30-28(39)26(37)24(35)21(12-32)45-30)17(10-22(33)42-18(14)9-16)13-2-5-15(6-3-13)41-29-27(38)25(36)23(34)20(11-31)44-29/h2-7,9-10,19-21,23-32,34-39H,8,11-12H2,1H3. The topological polar surface area (TPSA) is 234 Å². The van der Waals surface area contributed by atoms with Crippen molar-refractivity contribution in [3.05, 3.63) is 59.7 Å². The van der Waals surface area contributed by atoms with E-state index in [4.69, 9.17) is 28.4 Å². The Morgan fingerprint density at radius 1 is 0.756 bits per heavy atom. The van der Waals surface area contributed by atoms with Gasteiger partial charge in [0.1, 0.15) is 66.1 Å². The van der Waals surface area contributed by atoms with Crippen molar-refractivity contribution in [1.29, 1.82) is 0 Å². The minimum atomic E-state index is -1.70. The molecule has 11 atom stereocenters. The lowest BCUT2D eigenvalue weighted by molar-refractivity contribution is -0.306. The predicted octanol–water partition coefficient (Wildman–Crippen LogP) is -2.40. The molecule has 0 spiro atoms. The van der Waals surface area contributed by atoms with Crippen molar-refractivity contribution in [3.63, 3.8) is 0 Å². The second-order valence-corrected chi connectivity index (χ2v) is 10.9. The van der Waals surface area contributed by atoms with Gasteiger partial charge in [0.05, 0.1) is 26.4 Å². The van der Waals surface area contributed by atoms with Crippen LogP contribution in [0.2, 0.25) is 0 Å². The van der Waals surface area contributed by atoms with Crippen LogP contribution in [0.1, 0.15) is 11.1 Å². The predicted molar refractivity (Wildman–Crippen MR) is 150 cm³/mol. The summed E-state index contributed by atoms with van der Waals surface area (Å²) in [6.45, 7) is -1.29. The Labute approximate surface area is 257 Å². The average molecular weight is 637 g/mol. The van der Waals surface area contributed by atoms with Gasteiger partial charge in [-0.1, -0.05) is 18.2 Å². The second-order valence-electron chi connectivity index (χ2n) is 10.9. The number of aliphatic hydroxyl groups is 8. The minimum absolute atomic E-state index is 0.0799. The van der Waals surface area contributed by atoms with E-state index < -0.39 is 86.7 Å². The SMILES string of the molecule is COc1ccc2c(c1)OC(=O)C=C(c1ccc(OC3OC(CO)C(O)C(O)C3O)cc1)C(OC1OC(CO)C(O)C(O)C1O)C2. The van der Waals surface area contributed by atoms with Gasteiger partial charge in [0, 0.05) is 18.6 Å². The third-order valence-electron chi connectivity index (χ3n) is 7.95. The molecule has 5 rings (SSSR count). The van der Waals surface area contributed by atoms with Crippen LogP contribution >= 0.6 is 0 Å². The van der Waals surface area contributed by atoms with Crippen LogP contribution in [0.3, 0.4) is 0 Å². The molecular weight excluding hydrogens is 600 g/mol. The molecule has 0 saturated carbocycles. The number of benzene rings is 2. The van der Waals surface area contributed by atoms with Crippen molar-refractivity contribution in [2.45, 2.75) is 73.9 Å². The summed E-state index contributed by atoms with van der Waals surface area (Å²) in [5, 5.41) is 80.7. The number of aliphatic hydroxyl groups excluding tert-OH is 8. The highest BCUT2D eigenvalue weighted by atomic mass is 16.7. The molecule has 0 amide bonds. The Morgan fingerprint density at radius 3 is 1.93 bits per heavy atom. The van der Waals surface area contributed by atoms with Gasteiger partial charge in [-0.15, -0.1) is 0 Å². The number of hydrogen-bond acceptors (Lipinski definition) is 15. The lowest BCUT2D eigenvalue weighted by Gasteiger charge is -2.41. The summed E-state index contributed by atoms with van der Waals surface area (Å²) in [6.07, 6.45) is -14.9. The molecule has 15 nitrogen and oxygen atoms in total. The quantitative estimate of drug-likeness (QED) is 0.111. The highest BCUT2D eigenvalue weighted by molar-refractivity contribution is 5.94. The zero-order valence-electron chi connectivity index (χ0n) is 24.0. The van der Waals surface area contributed by atoms with E-state index in [0.717, 1.165) is 0 Å². The first kappa shape index (κ1) is 33.2. The zero-order valence-corrected chi connectivity index (χ0v) is 24.0. The van der Waals surface area contributed by atoms with E-state index in [1.165, 1.54) is 31.4 Å². The second kappa shape index (κ2) is 14.1. The molecule has 45 heavy (non-hydrogen) atoms. The Hall–Kier alpha value is -3.19. The molecule has 3 aliphatic rings. The first-order valence-corrected chi connectivity index (χ1v) is 14.2. The van der Waals surface area contributed by atoms with Crippen molar-refractivity contribution < 1.29 is 74.1 Å². The molecule has 2 fully saturated rings. The number of carbonyl (C=O) groups excluding carboxylic acids is 1. The van der Waals surface area contributed by atoms with Crippen molar-refractivity contribution in [1.82, 2.24) is 0 Å². The van der Waals surface area contributed by atoms with Gasteiger partial charge in [0.2, 0.25) is 6.29 Å². The van der Waals surface area contributed by atoms with Gasteiger partial charge in [-0.3, -0.25) is 0 Å². The molecule has 0 radical (unpaired) electrons. The molecule has 2 aromatic carbocycles. The van der Waals surface area contributed by atoms with Gasteiger partial charge >= 0.3 is 5.97 Å². The van der Waals surface area contributed by atoms with Gasteiger partial charge < -0.3 is 69.3 Å².